The number of hydrogen-bond acceptors (Lipinski definition) is 2. The summed E-state index contributed by atoms with van der Waals surface area (Å²) in [5.41, 5.74) is 0.751. The minimum Gasteiger partial charge on any atom is -0.393 e. The highest BCUT2D eigenvalue weighted by molar-refractivity contribution is 5.28. The van der Waals surface area contributed by atoms with Crippen molar-refractivity contribution < 1.29 is 10.2 Å². The Morgan fingerprint density at radius 1 is 1.13 bits per heavy atom. The minimum atomic E-state index is -0.906. The average Bonchev–Trinajstić information content (AvgIpc) is 2.80. The van der Waals surface area contributed by atoms with Crippen molar-refractivity contribution in [2.75, 3.05) is 0 Å². The van der Waals surface area contributed by atoms with Crippen LogP contribution in [-0.2, 0) is 0 Å². The first-order chi connectivity index (χ1) is 10.8. The summed E-state index contributed by atoms with van der Waals surface area (Å²) < 4.78 is 0. The van der Waals surface area contributed by atoms with Crippen LogP contribution in [0.15, 0.2) is 11.6 Å². The first kappa shape index (κ1) is 15.7. The fourth-order valence-corrected chi connectivity index (χ4v) is 6.89. The average molecular weight is 314 g/mol. The highest BCUT2D eigenvalue weighted by Crippen LogP contribution is 2.66. The number of hydrogen-bond donors (Lipinski definition) is 2. The van der Waals surface area contributed by atoms with E-state index < -0.39 is 5.60 Å². The molecule has 4 aliphatic carbocycles. The molecule has 2 nitrogen and oxygen atoms in total. The lowest BCUT2D eigenvalue weighted by Gasteiger charge is -2.58. The van der Waals surface area contributed by atoms with Crippen LogP contribution in [0, 0.1) is 40.9 Å². The van der Waals surface area contributed by atoms with Crippen LogP contribution < -0.4 is 0 Å². The van der Waals surface area contributed by atoms with Gasteiger partial charge in [0.15, 0.2) is 0 Å². The molecule has 2 N–H and O–H groups in total. The Bertz CT molecular complexity index is 587. The molecule has 126 valence electrons. The Labute approximate surface area is 140 Å². The molecule has 0 aromatic rings. The third-order valence-corrected chi connectivity index (χ3v) is 8.47. The second kappa shape index (κ2) is 4.87. The predicted molar refractivity (Wildman–Crippen MR) is 91.5 cm³/mol. The van der Waals surface area contributed by atoms with Crippen LogP contribution in [-0.4, -0.2) is 21.9 Å². The van der Waals surface area contributed by atoms with Gasteiger partial charge >= 0.3 is 0 Å². The molecule has 0 spiro atoms. The van der Waals surface area contributed by atoms with Crippen molar-refractivity contribution in [3.05, 3.63) is 11.6 Å². The first-order valence-electron chi connectivity index (χ1n) is 9.42. The molecule has 7 atom stereocenters. The van der Waals surface area contributed by atoms with Crippen molar-refractivity contribution in [1.29, 1.82) is 0 Å². The van der Waals surface area contributed by atoms with E-state index in [-0.39, 0.29) is 16.9 Å². The van der Waals surface area contributed by atoms with E-state index in [2.05, 4.69) is 25.8 Å². The smallest absolute Gasteiger partial charge is 0.130 e. The van der Waals surface area contributed by atoms with Gasteiger partial charge in [-0.1, -0.05) is 31.4 Å². The van der Waals surface area contributed by atoms with Crippen molar-refractivity contribution in [3.8, 4) is 12.3 Å². The van der Waals surface area contributed by atoms with Gasteiger partial charge in [0.05, 0.1) is 6.10 Å². The van der Waals surface area contributed by atoms with Crippen molar-refractivity contribution >= 4 is 0 Å². The molecule has 3 fully saturated rings. The maximum atomic E-state index is 11.0. The molecule has 2 heteroatoms. The SMILES string of the molecule is C#C[C@@]1(O)CCC2C3CC=C4CC(O)CC[C@]4(C)C3CC[C@@]21C. The predicted octanol–water partition coefficient (Wildman–Crippen LogP) is 3.67. The van der Waals surface area contributed by atoms with Crippen molar-refractivity contribution in [1.82, 2.24) is 0 Å². The third-order valence-electron chi connectivity index (χ3n) is 8.47. The van der Waals surface area contributed by atoms with Gasteiger partial charge < -0.3 is 10.2 Å². The number of allylic oxidation sites excluding steroid dienone is 1. The maximum Gasteiger partial charge on any atom is 0.130 e. The molecule has 0 saturated heterocycles. The summed E-state index contributed by atoms with van der Waals surface area (Å²) in [7, 11) is 0. The largest absolute Gasteiger partial charge is 0.393 e. The third kappa shape index (κ3) is 1.90. The first-order valence-corrected chi connectivity index (χ1v) is 9.42. The van der Waals surface area contributed by atoms with E-state index in [9.17, 15) is 10.2 Å². The second-order valence-corrected chi connectivity index (χ2v) is 9.16. The van der Waals surface area contributed by atoms with Crippen molar-refractivity contribution in [2.45, 2.75) is 76.9 Å². The number of rotatable bonds is 0. The summed E-state index contributed by atoms with van der Waals surface area (Å²) in [5.74, 6) is 4.65. The van der Waals surface area contributed by atoms with E-state index >= 15 is 0 Å². The molecule has 4 rings (SSSR count). The molecule has 0 radical (unpaired) electrons. The van der Waals surface area contributed by atoms with Crippen LogP contribution in [0.3, 0.4) is 0 Å². The summed E-state index contributed by atoms with van der Waals surface area (Å²) >= 11 is 0. The molecular weight excluding hydrogens is 284 g/mol. The quantitative estimate of drug-likeness (QED) is 0.529. The Morgan fingerprint density at radius 2 is 1.87 bits per heavy atom. The molecule has 0 aliphatic heterocycles. The molecule has 0 amide bonds. The van der Waals surface area contributed by atoms with Crippen LogP contribution in [0.4, 0.5) is 0 Å². The maximum absolute atomic E-state index is 11.0. The zero-order chi connectivity index (χ0) is 16.5. The second-order valence-electron chi connectivity index (χ2n) is 9.16. The fraction of sp³-hybridized carbons (Fsp3) is 0.810. The van der Waals surface area contributed by atoms with Gasteiger partial charge in [-0.2, -0.15) is 0 Å². The van der Waals surface area contributed by atoms with E-state index in [0.29, 0.717) is 17.8 Å². The van der Waals surface area contributed by atoms with Crippen LogP contribution >= 0.6 is 0 Å². The molecule has 4 unspecified atom stereocenters. The Morgan fingerprint density at radius 3 is 2.61 bits per heavy atom. The Hall–Kier alpha value is -0.780. The van der Waals surface area contributed by atoms with Gasteiger partial charge in [-0.25, -0.2) is 0 Å². The lowest BCUT2D eigenvalue weighted by molar-refractivity contribution is -0.0969. The van der Waals surface area contributed by atoms with Gasteiger partial charge in [-0.15, -0.1) is 6.42 Å². The summed E-state index contributed by atoms with van der Waals surface area (Å²) in [6, 6.07) is 0. The highest BCUT2D eigenvalue weighted by atomic mass is 16.3. The Kier molecular flexibility index (Phi) is 3.33. The summed E-state index contributed by atoms with van der Waals surface area (Å²) in [6.07, 6.45) is 16.1. The van der Waals surface area contributed by atoms with E-state index in [1.807, 2.05) is 0 Å². The molecule has 0 aromatic carbocycles. The normalized spacial score (nSPS) is 55.2. The van der Waals surface area contributed by atoms with E-state index in [4.69, 9.17) is 6.42 Å². The van der Waals surface area contributed by atoms with Crippen LogP contribution in [0.1, 0.15) is 65.2 Å². The molecule has 0 aromatic heterocycles. The van der Waals surface area contributed by atoms with Gasteiger partial charge in [-0.05, 0) is 74.5 Å². The lowest BCUT2D eigenvalue weighted by Crippen LogP contribution is -2.54. The molecular formula is C21H30O2. The molecule has 0 heterocycles. The molecule has 3 saturated carbocycles. The van der Waals surface area contributed by atoms with Crippen molar-refractivity contribution in [3.63, 3.8) is 0 Å². The highest BCUT2D eigenvalue weighted by Gasteiger charge is 2.63. The topological polar surface area (TPSA) is 40.5 Å². The van der Waals surface area contributed by atoms with Gasteiger partial charge in [-0.3, -0.25) is 0 Å². The Balaban J connectivity index is 1.69. The fourth-order valence-electron chi connectivity index (χ4n) is 6.89. The summed E-state index contributed by atoms with van der Waals surface area (Å²) in [4.78, 5) is 0. The van der Waals surface area contributed by atoms with Crippen LogP contribution in [0.2, 0.25) is 0 Å². The number of aliphatic hydroxyl groups excluding tert-OH is 1. The summed E-state index contributed by atoms with van der Waals surface area (Å²) in [6.45, 7) is 4.68. The number of fused-ring (bicyclic) bond motifs is 5. The van der Waals surface area contributed by atoms with E-state index in [1.165, 1.54) is 12.0 Å². The number of terminal acetylenes is 1. The van der Waals surface area contributed by atoms with Crippen molar-refractivity contribution in [2.24, 2.45) is 28.6 Å². The standard InChI is InChI=1S/C21H30O2/c1-4-21(23)12-9-18-16-6-5-14-13-15(22)7-10-19(14,2)17(16)8-11-20(18,21)3/h1,5,15-18,22-23H,6-13H2,2-3H3/t15?,16?,17?,18?,19-,20-,21+/m0/s1. The van der Waals surface area contributed by atoms with Crippen LogP contribution in [0.25, 0.3) is 0 Å². The van der Waals surface area contributed by atoms with Gasteiger partial charge in [0.1, 0.15) is 5.60 Å². The molecule has 4 aliphatic rings. The zero-order valence-corrected chi connectivity index (χ0v) is 14.5. The van der Waals surface area contributed by atoms with Gasteiger partial charge in [0.25, 0.3) is 0 Å². The number of aliphatic hydroxyl groups is 2. The molecule has 23 heavy (non-hydrogen) atoms. The van der Waals surface area contributed by atoms with E-state index in [0.717, 1.165) is 44.9 Å². The van der Waals surface area contributed by atoms with Gasteiger partial charge in [0, 0.05) is 5.41 Å². The minimum absolute atomic E-state index is 0.112. The summed E-state index contributed by atoms with van der Waals surface area (Å²) in [5, 5.41) is 21.0. The zero-order valence-electron chi connectivity index (χ0n) is 14.5. The van der Waals surface area contributed by atoms with E-state index in [1.54, 1.807) is 0 Å². The molecule has 0 bridgehead atoms. The van der Waals surface area contributed by atoms with Crippen LogP contribution in [0.5, 0.6) is 0 Å². The monoisotopic (exact) mass is 314 g/mol. The lowest BCUT2D eigenvalue weighted by atomic mass is 9.47. The van der Waals surface area contributed by atoms with Gasteiger partial charge in [0.2, 0.25) is 0 Å².